The van der Waals surface area contributed by atoms with Gasteiger partial charge < -0.3 is 14.5 Å². The van der Waals surface area contributed by atoms with E-state index in [1.807, 2.05) is 11.8 Å². The van der Waals surface area contributed by atoms with Crippen molar-refractivity contribution in [3.05, 3.63) is 28.3 Å². The van der Waals surface area contributed by atoms with E-state index in [-0.39, 0.29) is 17.3 Å². The molecule has 1 aliphatic rings. The Morgan fingerprint density at radius 3 is 2.52 bits per heavy atom. The number of rotatable bonds is 4. The Balaban J connectivity index is 2.10. The lowest BCUT2D eigenvalue weighted by molar-refractivity contribution is -0.385. The molecule has 0 unspecified atom stereocenters. The van der Waals surface area contributed by atoms with Crippen molar-refractivity contribution in [1.82, 2.24) is 4.90 Å². The normalized spacial score (nSPS) is 15.0. The van der Waals surface area contributed by atoms with Crippen LogP contribution in [0.15, 0.2) is 18.2 Å². The Kier molecular flexibility index (Phi) is 4.62. The summed E-state index contributed by atoms with van der Waals surface area (Å²) in [6.07, 6.45) is 0.519. The van der Waals surface area contributed by atoms with Gasteiger partial charge in [-0.1, -0.05) is 6.92 Å². The predicted octanol–water partition coefficient (Wildman–Crippen LogP) is 1.66. The second-order valence-corrected chi connectivity index (χ2v) is 4.83. The highest BCUT2D eigenvalue weighted by Gasteiger charge is 2.22. The summed E-state index contributed by atoms with van der Waals surface area (Å²) in [5, 5.41) is 10.9. The van der Waals surface area contributed by atoms with Gasteiger partial charge in [-0.25, -0.2) is 0 Å². The summed E-state index contributed by atoms with van der Waals surface area (Å²) in [6, 6.07) is 4.85. The van der Waals surface area contributed by atoms with E-state index in [0.29, 0.717) is 32.6 Å². The number of nitrogens with zero attached hydrogens (tertiary/aromatic N) is 3. The summed E-state index contributed by atoms with van der Waals surface area (Å²) in [5.74, 6) is 0.417. The molecule has 114 valence electrons. The van der Waals surface area contributed by atoms with Crippen LogP contribution < -0.4 is 9.64 Å². The van der Waals surface area contributed by atoms with Crippen LogP contribution in [0.5, 0.6) is 5.75 Å². The van der Waals surface area contributed by atoms with Crippen LogP contribution in [0.4, 0.5) is 11.4 Å². The molecule has 0 spiro atoms. The van der Waals surface area contributed by atoms with E-state index in [2.05, 4.69) is 4.90 Å². The Morgan fingerprint density at radius 2 is 2.00 bits per heavy atom. The number of methoxy groups -OCH3 is 1. The molecule has 1 saturated heterocycles. The average Bonchev–Trinajstić information content (AvgIpc) is 2.53. The van der Waals surface area contributed by atoms with Crippen LogP contribution in [0.1, 0.15) is 13.3 Å². The van der Waals surface area contributed by atoms with Gasteiger partial charge in [0, 0.05) is 50.4 Å². The number of piperazine rings is 1. The molecular weight excluding hydrogens is 274 g/mol. The number of nitro groups is 1. The van der Waals surface area contributed by atoms with Crippen LogP contribution in [-0.2, 0) is 4.79 Å². The van der Waals surface area contributed by atoms with Gasteiger partial charge in [-0.15, -0.1) is 0 Å². The standard InChI is InChI=1S/C14H19N3O4/c1-3-14(18)16-8-6-15(7-9-16)11-4-5-12(17(19)20)13(10-11)21-2/h4-5,10H,3,6-9H2,1-2H3. The van der Waals surface area contributed by atoms with E-state index in [9.17, 15) is 14.9 Å². The molecule has 1 aliphatic heterocycles. The highest BCUT2D eigenvalue weighted by molar-refractivity contribution is 5.76. The number of carbonyl (C=O) groups is 1. The number of amides is 1. The topological polar surface area (TPSA) is 75.9 Å². The largest absolute Gasteiger partial charge is 0.490 e. The molecule has 0 atom stereocenters. The van der Waals surface area contributed by atoms with Crippen molar-refractivity contribution in [1.29, 1.82) is 0 Å². The third-order valence-corrected chi connectivity index (χ3v) is 3.66. The van der Waals surface area contributed by atoms with E-state index in [4.69, 9.17) is 4.74 Å². The first-order valence-corrected chi connectivity index (χ1v) is 6.92. The Labute approximate surface area is 123 Å². The molecule has 7 nitrogen and oxygen atoms in total. The van der Waals surface area contributed by atoms with Crippen LogP contribution in [-0.4, -0.2) is 49.0 Å². The van der Waals surface area contributed by atoms with Gasteiger partial charge in [0.05, 0.1) is 12.0 Å². The van der Waals surface area contributed by atoms with Crippen LogP contribution in [0.25, 0.3) is 0 Å². The molecule has 0 aromatic heterocycles. The lowest BCUT2D eigenvalue weighted by Crippen LogP contribution is -2.48. The third-order valence-electron chi connectivity index (χ3n) is 3.66. The molecule has 0 saturated carbocycles. The van der Waals surface area contributed by atoms with Gasteiger partial charge in [-0.2, -0.15) is 0 Å². The van der Waals surface area contributed by atoms with E-state index in [1.165, 1.54) is 13.2 Å². The first-order chi connectivity index (χ1) is 10.1. The van der Waals surface area contributed by atoms with E-state index in [1.54, 1.807) is 12.1 Å². The van der Waals surface area contributed by atoms with Gasteiger partial charge in [0.2, 0.25) is 5.91 Å². The lowest BCUT2D eigenvalue weighted by Gasteiger charge is -2.36. The molecule has 0 bridgehead atoms. The number of benzene rings is 1. The number of ether oxygens (including phenoxy) is 1. The van der Waals surface area contributed by atoms with E-state index < -0.39 is 4.92 Å². The van der Waals surface area contributed by atoms with Crippen LogP contribution in [0, 0.1) is 10.1 Å². The minimum Gasteiger partial charge on any atom is -0.490 e. The van der Waals surface area contributed by atoms with Gasteiger partial charge in [-0.05, 0) is 6.07 Å². The molecule has 1 fully saturated rings. The smallest absolute Gasteiger partial charge is 0.311 e. The minimum atomic E-state index is -0.458. The highest BCUT2D eigenvalue weighted by Crippen LogP contribution is 2.31. The summed E-state index contributed by atoms with van der Waals surface area (Å²) in [5.41, 5.74) is 0.835. The Hall–Kier alpha value is -2.31. The number of hydrogen-bond donors (Lipinski definition) is 0. The van der Waals surface area contributed by atoms with E-state index >= 15 is 0 Å². The predicted molar refractivity (Wildman–Crippen MR) is 78.7 cm³/mol. The molecule has 0 N–H and O–H groups in total. The number of nitro benzene ring substituents is 1. The Morgan fingerprint density at radius 1 is 1.33 bits per heavy atom. The second-order valence-electron chi connectivity index (χ2n) is 4.83. The van der Waals surface area contributed by atoms with Crippen molar-refractivity contribution < 1.29 is 14.5 Å². The van der Waals surface area contributed by atoms with Crippen molar-refractivity contribution >= 4 is 17.3 Å². The average molecular weight is 293 g/mol. The fraction of sp³-hybridized carbons (Fsp3) is 0.500. The maximum absolute atomic E-state index is 11.6. The van der Waals surface area contributed by atoms with Gasteiger partial charge >= 0.3 is 5.69 Å². The maximum atomic E-state index is 11.6. The van der Waals surface area contributed by atoms with Gasteiger partial charge in [0.15, 0.2) is 5.75 Å². The summed E-state index contributed by atoms with van der Waals surface area (Å²) < 4.78 is 5.08. The van der Waals surface area contributed by atoms with Crippen molar-refractivity contribution in [2.24, 2.45) is 0 Å². The second kappa shape index (κ2) is 6.43. The molecule has 1 amide bonds. The molecular formula is C14H19N3O4. The summed E-state index contributed by atoms with van der Waals surface area (Å²) in [4.78, 5) is 26.0. The van der Waals surface area contributed by atoms with Crippen molar-refractivity contribution in [2.75, 3.05) is 38.2 Å². The number of carbonyl (C=O) groups excluding carboxylic acids is 1. The molecule has 1 aromatic carbocycles. The zero-order valence-corrected chi connectivity index (χ0v) is 12.2. The molecule has 1 heterocycles. The molecule has 1 aromatic rings. The molecule has 7 heteroatoms. The van der Waals surface area contributed by atoms with Crippen LogP contribution in [0.3, 0.4) is 0 Å². The summed E-state index contributed by atoms with van der Waals surface area (Å²) in [6.45, 7) is 4.63. The fourth-order valence-electron chi connectivity index (χ4n) is 2.45. The molecule has 2 rings (SSSR count). The first kappa shape index (κ1) is 15.1. The minimum absolute atomic E-state index is 0.0407. The monoisotopic (exact) mass is 293 g/mol. The highest BCUT2D eigenvalue weighted by atomic mass is 16.6. The number of hydrogen-bond acceptors (Lipinski definition) is 5. The first-order valence-electron chi connectivity index (χ1n) is 6.92. The maximum Gasteiger partial charge on any atom is 0.311 e. The van der Waals surface area contributed by atoms with Crippen molar-refractivity contribution in [2.45, 2.75) is 13.3 Å². The van der Waals surface area contributed by atoms with Crippen molar-refractivity contribution in [3.63, 3.8) is 0 Å². The zero-order chi connectivity index (χ0) is 15.4. The SMILES string of the molecule is CCC(=O)N1CCN(c2ccc([N+](=O)[O-])c(OC)c2)CC1. The van der Waals surface area contributed by atoms with E-state index in [0.717, 1.165) is 5.69 Å². The zero-order valence-electron chi connectivity index (χ0n) is 12.2. The van der Waals surface area contributed by atoms with Crippen LogP contribution >= 0.6 is 0 Å². The van der Waals surface area contributed by atoms with Gasteiger partial charge in [0.1, 0.15) is 0 Å². The third kappa shape index (κ3) is 3.24. The lowest BCUT2D eigenvalue weighted by atomic mass is 10.2. The summed E-state index contributed by atoms with van der Waals surface area (Å²) in [7, 11) is 1.42. The molecule has 21 heavy (non-hydrogen) atoms. The van der Waals surface area contributed by atoms with Crippen molar-refractivity contribution in [3.8, 4) is 5.75 Å². The Bertz CT molecular complexity index is 539. The quantitative estimate of drug-likeness (QED) is 0.623. The molecule has 0 aliphatic carbocycles. The van der Waals surface area contributed by atoms with Gasteiger partial charge in [-0.3, -0.25) is 14.9 Å². The van der Waals surface area contributed by atoms with Crippen LogP contribution in [0.2, 0.25) is 0 Å². The fourth-order valence-corrected chi connectivity index (χ4v) is 2.45. The van der Waals surface area contributed by atoms with Gasteiger partial charge in [0.25, 0.3) is 0 Å². The summed E-state index contributed by atoms with van der Waals surface area (Å²) >= 11 is 0. The number of anilines is 1. The molecule has 0 radical (unpaired) electrons.